The van der Waals surface area contributed by atoms with E-state index in [9.17, 15) is 10.2 Å². The van der Waals surface area contributed by atoms with Crippen molar-refractivity contribution in [1.29, 1.82) is 0 Å². The predicted molar refractivity (Wildman–Crippen MR) is 275 cm³/mol. The van der Waals surface area contributed by atoms with E-state index >= 15 is 0 Å². The quantitative estimate of drug-likeness (QED) is 0.106. The Bertz CT molecular complexity index is 2910. The molecule has 0 fully saturated rings. The molecule has 0 unspecified atom stereocenters. The van der Waals surface area contributed by atoms with Crippen LogP contribution in [0.5, 0.6) is 11.5 Å². The highest BCUT2D eigenvalue weighted by Gasteiger charge is 2.28. The molecule has 0 atom stereocenters. The second kappa shape index (κ2) is 13.8. The minimum absolute atomic E-state index is 0.214. The van der Waals surface area contributed by atoms with Crippen LogP contribution in [0.25, 0.3) is 71.6 Å². The Morgan fingerprint density at radius 3 is 1.52 bits per heavy atom. The Hall–Kier alpha value is -5.16. The van der Waals surface area contributed by atoms with E-state index in [-0.39, 0.29) is 11.5 Å². The molecule has 8 rings (SSSR count). The van der Waals surface area contributed by atoms with Crippen LogP contribution in [0.1, 0.15) is 12.7 Å². The molecule has 7 aromatic carbocycles. The van der Waals surface area contributed by atoms with Crippen molar-refractivity contribution in [3.05, 3.63) is 78.6 Å². The molecule has 15 heteroatoms. The van der Waals surface area contributed by atoms with Gasteiger partial charge in [-0.1, -0.05) is 88.2 Å². The van der Waals surface area contributed by atoms with Gasteiger partial charge in [0.1, 0.15) is 104 Å². The lowest BCUT2D eigenvalue weighted by Crippen LogP contribution is -2.50. The summed E-state index contributed by atoms with van der Waals surface area (Å²) in [5.74, 6) is 1.48. The van der Waals surface area contributed by atoms with Crippen molar-refractivity contribution in [2.24, 2.45) is 0 Å². The molecule has 2 N–H and O–H groups in total. The smallest absolute Gasteiger partial charge is 0.145 e. The standard InChI is InChI=1S/C41H41B11N2O2/c1-2-21-53-19-12-5-6-13-20(19)54(21)16-9-7-8-15(14-16)22-25-27(31(44)36(49)34(47)29(25)42)23(28-26(22)30(43)35(48)37(50)32(28)45)17-10-3-4-11-18(17)24-33(46)41(56)39(52)38(51)40(24)55/h3-14,55-56H,2,42-52H2,1H3. The number of aromatic nitrogens is 2. The molecule has 0 radical (unpaired) electrons. The van der Waals surface area contributed by atoms with Gasteiger partial charge in [0.15, 0.2) is 0 Å². The number of benzene rings is 7. The maximum Gasteiger partial charge on any atom is 0.145 e. The Morgan fingerprint density at radius 1 is 0.482 bits per heavy atom. The van der Waals surface area contributed by atoms with Crippen LogP contribution in [0.2, 0.25) is 0 Å². The molecule has 0 aliphatic carbocycles. The highest BCUT2D eigenvalue weighted by atomic mass is 16.3. The van der Waals surface area contributed by atoms with E-state index in [4.69, 9.17) is 4.98 Å². The minimum atomic E-state index is 0.214. The molecule has 0 bridgehead atoms. The van der Waals surface area contributed by atoms with Gasteiger partial charge in [0, 0.05) is 17.7 Å². The molecule has 4 nitrogen and oxygen atoms in total. The average molecular weight is 713 g/mol. The highest BCUT2D eigenvalue weighted by molar-refractivity contribution is 6.71. The van der Waals surface area contributed by atoms with Crippen molar-refractivity contribution in [1.82, 2.24) is 9.55 Å². The van der Waals surface area contributed by atoms with Gasteiger partial charge in [-0.15, -0.1) is 21.9 Å². The number of hydrogen-bond acceptors (Lipinski definition) is 3. The Balaban J connectivity index is 1.61. The first-order chi connectivity index (χ1) is 26.7. The molecule has 1 heterocycles. The molecule has 0 saturated heterocycles. The van der Waals surface area contributed by atoms with Gasteiger partial charge in [0.25, 0.3) is 0 Å². The summed E-state index contributed by atoms with van der Waals surface area (Å²) in [6.07, 6.45) is 0.819. The second-order valence-corrected chi connectivity index (χ2v) is 16.0. The first-order valence-corrected chi connectivity index (χ1v) is 19.9. The molecule has 0 aliphatic rings. The minimum Gasteiger partial charge on any atom is -0.509 e. The average Bonchev–Trinajstić information content (AvgIpc) is 3.60. The van der Waals surface area contributed by atoms with E-state index in [2.05, 4.69) is 141 Å². The zero-order valence-electron chi connectivity index (χ0n) is 34.9. The number of nitrogens with zero attached hydrogens (tertiary/aromatic N) is 2. The molecule has 0 aliphatic heterocycles. The first-order valence-electron chi connectivity index (χ1n) is 19.9. The molecule has 0 amide bonds. The fourth-order valence-corrected chi connectivity index (χ4v) is 9.45. The number of aryl methyl sites for hydroxylation is 1. The zero-order chi connectivity index (χ0) is 40.1. The zero-order valence-corrected chi connectivity index (χ0v) is 34.9. The lowest BCUT2D eigenvalue weighted by Gasteiger charge is -2.29. The Kier molecular flexibility index (Phi) is 9.30. The van der Waals surface area contributed by atoms with Crippen molar-refractivity contribution >= 4 is 179 Å². The third-order valence-electron chi connectivity index (χ3n) is 13.4. The molecular weight excluding hydrogens is 671 g/mol. The summed E-state index contributed by atoms with van der Waals surface area (Å²) >= 11 is 0. The van der Waals surface area contributed by atoms with E-state index in [1.807, 2.05) is 29.6 Å². The van der Waals surface area contributed by atoms with Crippen molar-refractivity contribution in [3.63, 3.8) is 0 Å². The Labute approximate surface area is 339 Å². The lowest BCUT2D eigenvalue weighted by molar-refractivity contribution is 0.472. The van der Waals surface area contributed by atoms with E-state index < -0.39 is 0 Å². The van der Waals surface area contributed by atoms with E-state index in [1.54, 1.807) is 0 Å². The van der Waals surface area contributed by atoms with E-state index in [0.29, 0.717) is 22.0 Å². The number of para-hydroxylation sites is 2. The number of rotatable bonds is 5. The van der Waals surface area contributed by atoms with Gasteiger partial charge >= 0.3 is 0 Å². The summed E-state index contributed by atoms with van der Waals surface area (Å²) in [5, 5.41) is 28.2. The largest absolute Gasteiger partial charge is 0.509 e. The molecule has 56 heavy (non-hydrogen) atoms. The van der Waals surface area contributed by atoms with Crippen LogP contribution in [-0.2, 0) is 6.42 Å². The third-order valence-corrected chi connectivity index (χ3v) is 13.4. The van der Waals surface area contributed by atoms with Crippen molar-refractivity contribution in [2.45, 2.75) is 13.3 Å². The van der Waals surface area contributed by atoms with Crippen LogP contribution in [0.4, 0.5) is 0 Å². The monoisotopic (exact) mass is 714 g/mol. The maximum absolute atomic E-state index is 11.9. The van der Waals surface area contributed by atoms with Gasteiger partial charge in [-0.2, -0.15) is 0 Å². The second-order valence-electron chi connectivity index (χ2n) is 16.0. The fourth-order valence-electron chi connectivity index (χ4n) is 9.45. The van der Waals surface area contributed by atoms with Gasteiger partial charge in [-0.3, -0.25) is 4.57 Å². The van der Waals surface area contributed by atoms with Gasteiger partial charge in [0.2, 0.25) is 0 Å². The molecule has 0 spiro atoms. The molecule has 8 aromatic rings. The van der Waals surface area contributed by atoms with Crippen LogP contribution in [0, 0.1) is 0 Å². The number of aromatic hydroxyl groups is 2. The fraction of sp³-hybridized carbons (Fsp3) is 0.0488. The molecule has 1 aromatic heterocycles. The summed E-state index contributed by atoms with van der Waals surface area (Å²) in [6.45, 7) is 2.17. The Morgan fingerprint density at radius 2 is 0.964 bits per heavy atom. The maximum atomic E-state index is 11.9. The number of hydrogen-bond donors (Lipinski definition) is 2. The molecule has 260 valence electrons. The van der Waals surface area contributed by atoms with Crippen molar-refractivity contribution < 1.29 is 10.2 Å². The van der Waals surface area contributed by atoms with Crippen molar-refractivity contribution in [3.8, 4) is 50.6 Å². The van der Waals surface area contributed by atoms with Crippen LogP contribution in [-0.4, -0.2) is 106 Å². The number of phenols is 2. The number of fused-ring (bicyclic) bond motifs is 3. The SMILES string of the molecule is Bc1c(B)c(O)c(-c2ccccc2-c2c3c(B)c(B)c(B)c(B)c3c(-c3cccc(-n4c(CC)nc5ccccc54)c3)c3c(B)c(B)c(B)c(B)c23)c(B)c1O. The highest BCUT2D eigenvalue weighted by Crippen LogP contribution is 2.45. The molecule has 0 saturated carbocycles. The van der Waals surface area contributed by atoms with Crippen LogP contribution in [0.3, 0.4) is 0 Å². The first kappa shape index (κ1) is 37.8. The van der Waals surface area contributed by atoms with E-state index in [0.717, 1.165) is 40.1 Å². The normalized spacial score (nSPS) is 11.6. The van der Waals surface area contributed by atoms with Crippen molar-refractivity contribution in [2.75, 3.05) is 0 Å². The third kappa shape index (κ3) is 5.33. The summed E-state index contributed by atoms with van der Waals surface area (Å²) < 4.78 is 2.32. The topological polar surface area (TPSA) is 58.3 Å². The summed E-state index contributed by atoms with van der Waals surface area (Å²) in [5.41, 5.74) is 21.7. The lowest BCUT2D eigenvalue weighted by atomic mass is 9.59. The molecular formula is C41H41B11N2O2. The van der Waals surface area contributed by atoms with Crippen LogP contribution >= 0.6 is 0 Å². The van der Waals surface area contributed by atoms with Gasteiger partial charge in [-0.25, -0.2) is 4.98 Å². The summed E-state index contributed by atoms with van der Waals surface area (Å²) in [7, 11) is 23.8. The van der Waals surface area contributed by atoms with Crippen LogP contribution in [0.15, 0.2) is 72.8 Å². The van der Waals surface area contributed by atoms with Gasteiger partial charge < -0.3 is 10.2 Å². The predicted octanol–water partition coefficient (Wildman–Crippen LogP) is -8.85. The van der Waals surface area contributed by atoms with E-state index in [1.165, 1.54) is 81.9 Å². The van der Waals surface area contributed by atoms with Gasteiger partial charge in [0.05, 0.1) is 11.0 Å². The van der Waals surface area contributed by atoms with Gasteiger partial charge in [-0.05, 0) is 79.1 Å². The number of imidazole rings is 1. The summed E-state index contributed by atoms with van der Waals surface area (Å²) in [4.78, 5) is 5.04. The number of phenolic OH excluding ortho intramolecular Hbond substituents is 2. The van der Waals surface area contributed by atoms with Crippen LogP contribution < -0.4 is 60.1 Å². The summed E-state index contributed by atoms with van der Waals surface area (Å²) in [6, 6.07) is 25.9.